The van der Waals surface area contributed by atoms with Crippen molar-refractivity contribution >= 4 is 17.8 Å². The molecular formula is C26H26N5O3+. The summed E-state index contributed by atoms with van der Waals surface area (Å²) in [6, 6.07) is 16.2. The van der Waals surface area contributed by atoms with E-state index in [2.05, 4.69) is 32.4 Å². The fraction of sp³-hybridized carbons (Fsp3) is 0.346. The van der Waals surface area contributed by atoms with Crippen molar-refractivity contribution < 1.29 is 18.8 Å². The Hall–Kier alpha value is -3.65. The third-order valence-electron chi connectivity index (χ3n) is 7.60. The lowest BCUT2D eigenvalue weighted by molar-refractivity contribution is -0.938. The van der Waals surface area contributed by atoms with E-state index < -0.39 is 5.92 Å². The number of amides is 1. The second-order valence-electron chi connectivity index (χ2n) is 9.56. The Balaban J connectivity index is 1.18. The number of quaternary nitrogens is 1. The first-order valence-corrected chi connectivity index (χ1v) is 11.8. The number of aromatic nitrogens is 3. The van der Waals surface area contributed by atoms with Gasteiger partial charge >= 0.3 is 5.97 Å². The Morgan fingerprint density at radius 1 is 0.941 bits per heavy atom. The van der Waals surface area contributed by atoms with Crippen molar-refractivity contribution in [1.82, 2.24) is 15.0 Å². The minimum absolute atomic E-state index is 0.129. The normalized spacial score (nSPS) is 24.8. The standard InChI is InChI=1S/C26H25N5O3/c32-23(30-26-28-15-27-16-29-26)14-31-11-9-17(10-12-31)22(13-31)34-25(33)24-20-7-3-1-5-18(20)19-6-2-4-8-21(19)24/h1-8,15-17,22,24H,9-14H2/p+1. The maximum atomic E-state index is 13.6. The third-order valence-corrected chi connectivity index (χ3v) is 7.60. The summed E-state index contributed by atoms with van der Waals surface area (Å²) < 4.78 is 6.86. The molecule has 1 N–H and O–H groups in total. The van der Waals surface area contributed by atoms with Crippen LogP contribution in [0.1, 0.15) is 29.9 Å². The summed E-state index contributed by atoms with van der Waals surface area (Å²) in [6.45, 7) is 2.81. The van der Waals surface area contributed by atoms with E-state index in [1.54, 1.807) is 0 Å². The average Bonchev–Trinajstić information content (AvgIpc) is 3.19. The van der Waals surface area contributed by atoms with Gasteiger partial charge in [-0.05, 0) is 22.3 Å². The number of anilines is 1. The number of rotatable bonds is 5. The zero-order valence-electron chi connectivity index (χ0n) is 18.8. The van der Waals surface area contributed by atoms with Crippen LogP contribution in [0.3, 0.4) is 0 Å². The average molecular weight is 457 g/mol. The molecule has 7 rings (SSSR count). The number of fused-ring (bicyclic) bond motifs is 6. The predicted octanol–water partition coefficient (Wildman–Crippen LogP) is 2.77. The SMILES string of the molecule is O=C(C[N+]12CCC(CC1)C(OC(=O)C1c3ccccc3-c3ccccc31)C2)Nc1ncncn1. The molecule has 1 atom stereocenters. The van der Waals surface area contributed by atoms with E-state index in [4.69, 9.17) is 4.74 Å². The van der Waals surface area contributed by atoms with Crippen LogP contribution in [0.5, 0.6) is 0 Å². The van der Waals surface area contributed by atoms with Crippen LogP contribution in [-0.4, -0.2) is 63.6 Å². The van der Waals surface area contributed by atoms with Crippen LogP contribution in [0.2, 0.25) is 0 Å². The molecule has 3 aliphatic heterocycles. The summed E-state index contributed by atoms with van der Waals surface area (Å²) >= 11 is 0. The number of carbonyl (C=O) groups excluding carboxylic acids is 2. The lowest BCUT2D eigenvalue weighted by atomic mass is 9.83. The molecule has 8 heteroatoms. The first-order chi connectivity index (χ1) is 16.6. The van der Waals surface area contributed by atoms with Gasteiger partial charge in [0.1, 0.15) is 25.1 Å². The van der Waals surface area contributed by atoms with E-state index in [0.29, 0.717) is 23.5 Å². The molecule has 8 nitrogen and oxygen atoms in total. The Morgan fingerprint density at radius 2 is 1.56 bits per heavy atom. The Kier molecular flexibility index (Phi) is 5.10. The molecule has 3 saturated heterocycles. The number of piperidine rings is 3. The number of nitrogens with zero attached hydrogens (tertiary/aromatic N) is 4. The Labute approximate surface area is 197 Å². The van der Waals surface area contributed by atoms with Gasteiger partial charge in [0.2, 0.25) is 5.95 Å². The second kappa shape index (κ2) is 8.29. The van der Waals surface area contributed by atoms with Gasteiger partial charge in [0.25, 0.3) is 5.91 Å². The van der Waals surface area contributed by atoms with Gasteiger partial charge in [0, 0.05) is 18.8 Å². The molecule has 0 saturated carbocycles. The van der Waals surface area contributed by atoms with Crippen molar-refractivity contribution in [3.05, 3.63) is 72.3 Å². The van der Waals surface area contributed by atoms with Crippen LogP contribution < -0.4 is 5.32 Å². The first kappa shape index (κ1) is 20.9. The second-order valence-corrected chi connectivity index (χ2v) is 9.56. The molecule has 3 aromatic rings. The highest BCUT2D eigenvalue weighted by atomic mass is 16.5. The smallest absolute Gasteiger partial charge is 0.318 e. The van der Waals surface area contributed by atoms with Crippen molar-refractivity contribution in [2.45, 2.75) is 24.9 Å². The van der Waals surface area contributed by atoms with Gasteiger partial charge in [-0.25, -0.2) is 15.0 Å². The van der Waals surface area contributed by atoms with Gasteiger partial charge in [0.05, 0.1) is 13.1 Å². The number of esters is 1. The first-order valence-electron chi connectivity index (χ1n) is 11.8. The van der Waals surface area contributed by atoms with Gasteiger partial charge in [-0.3, -0.25) is 14.9 Å². The van der Waals surface area contributed by atoms with E-state index in [1.165, 1.54) is 12.7 Å². The molecule has 3 fully saturated rings. The van der Waals surface area contributed by atoms with Gasteiger partial charge < -0.3 is 9.22 Å². The van der Waals surface area contributed by atoms with Crippen molar-refractivity contribution in [3.8, 4) is 11.1 Å². The molecule has 0 spiro atoms. The van der Waals surface area contributed by atoms with Crippen LogP contribution in [0.4, 0.5) is 5.95 Å². The van der Waals surface area contributed by atoms with E-state index >= 15 is 0 Å². The minimum atomic E-state index is -0.400. The highest BCUT2D eigenvalue weighted by Gasteiger charge is 2.49. The van der Waals surface area contributed by atoms with Crippen LogP contribution in [-0.2, 0) is 14.3 Å². The van der Waals surface area contributed by atoms with Gasteiger partial charge in [0.15, 0.2) is 12.6 Å². The molecule has 1 aromatic heterocycles. The summed E-state index contributed by atoms with van der Waals surface area (Å²) in [4.78, 5) is 38.0. The maximum Gasteiger partial charge on any atom is 0.318 e. The van der Waals surface area contributed by atoms with Crippen molar-refractivity contribution in [2.24, 2.45) is 5.92 Å². The molecule has 2 aromatic carbocycles. The van der Waals surface area contributed by atoms with Crippen LogP contribution in [0, 0.1) is 5.92 Å². The van der Waals surface area contributed by atoms with Gasteiger partial charge in [-0.1, -0.05) is 48.5 Å². The number of benzene rings is 2. The molecule has 34 heavy (non-hydrogen) atoms. The topological polar surface area (TPSA) is 94.1 Å². The molecule has 4 heterocycles. The fourth-order valence-corrected chi connectivity index (χ4v) is 5.98. The van der Waals surface area contributed by atoms with Crippen LogP contribution in [0.15, 0.2) is 61.2 Å². The van der Waals surface area contributed by atoms with E-state index in [-0.39, 0.29) is 23.9 Å². The largest absolute Gasteiger partial charge is 0.455 e. The number of hydrogen-bond donors (Lipinski definition) is 1. The molecule has 1 unspecified atom stereocenters. The van der Waals surface area contributed by atoms with Crippen LogP contribution in [0.25, 0.3) is 11.1 Å². The Morgan fingerprint density at radius 3 is 2.21 bits per heavy atom. The summed E-state index contributed by atoms with van der Waals surface area (Å²) in [6.07, 6.45) is 4.44. The minimum Gasteiger partial charge on any atom is -0.455 e. The molecule has 1 aliphatic carbocycles. The van der Waals surface area contributed by atoms with Crippen molar-refractivity contribution in [1.29, 1.82) is 0 Å². The Bertz CT molecular complexity index is 1190. The summed E-state index contributed by atoms with van der Waals surface area (Å²) in [5.74, 6) is -0.114. The summed E-state index contributed by atoms with van der Waals surface area (Å²) in [5.41, 5.74) is 4.23. The van der Waals surface area contributed by atoms with E-state index in [1.807, 2.05) is 36.4 Å². The predicted molar refractivity (Wildman–Crippen MR) is 125 cm³/mol. The van der Waals surface area contributed by atoms with E-state index in [9.17, 15) is 9.59 Å². The molecule has 0 radical (unpaired) electrons. The quantitative estimate of drug-likeness (QED) is 0.469. The maximum absolute atomic E-state index is 13.6. The van der Waals surface area contributed by atoms with Crippen molar-refractivity contribution in [3.63, 3.8) is 0 Å². The summed E-state index contributed by atoms with van der Waals surface area (Å²) in [7, 11) is 0. The third kappa shape index (κ3) is 3.64. The number of nitrogens with one attached hydrogen (secondary N) is 1. The molecular weight excluding hydrogens is 430 g/mol. The number of ether oxygens (including phenoxy) is 1. The molecule has 172 valence electrons. The highest BCUT2D eigenvalue weighted by Crippen LogP contribution is 2.46. The summed E-state index contributed by atoms with van der Waals surface area (Å²) in [5, 5.41) is 2.76. The lowest BCUT2D eigenvalue weighted by Crippen LogP contribution is -2.66. The van der Waals surface area contributed by atoms with Gasteiger partial charge in [-0.2, -0.15) is 0 Å². The zero-order valence-corrected chi connectivity index (χ0v) is 18.8. The van der Waals surface area contributed by atoms with Crippen LogP contribution >= 0.6 is 0 Å². The number of carbonyl (C=O) groups is 2. The molecule has 4 aliphatic rings. The van der Waals surface area contributed by atoms with E-state index in [0.717, 1.165) is 48.2 Å². The highest BCUT2D eigenvalue weighted by molar-refractivity contribution is 5.93. The molecule has 2 bridgehead atoms. The fourth-order valence-electron chi connectivity index (χ4n) is 5.98. The van der Waals surface area contributed by atoms with Crippen molar-refractivity contribution in [2.75, 3.05) is 31.5 Å². The monoisotopic (exact) mass is 456 g/mol. The molecule has 1 amide bonds. The number of hydrogen-bond acceptors (Lipinski definition) is 6. The zero-order chi connectivity index (χ0) is 23.1. The lowest BCUT2D eigenvalue weighted by Gasteiger charge is -2.51. The van der Waals surface area contributed by atoms with Gasteiger partial charge in [-0.15, -0.1) is 0 Å².